The minimum absolute atomic E-state index is 0.211. The molecule has 110 valence electrons. The minimum Gasteiger partial charge on any atom is -0.388 e. The molecule has 1 amide bonds. The normalized spacial score (nSPS) is 17.0. The van der Waals surface area contributed by atoms with Crippen molar-refractivity contribution >= 4 is 23.3 Å². The van der Waals surface area contributed by atoms with Gasteiger partial charge in [-0.1, -0.05) is 24.4 Å². The van der Waals surface area contributed by atoms with Crippen LogP contribution in [0.25, 0.3) is 0 Å². The fourth-order valence-corrected chi connectivity index (χ4v) is 2.80. The van der Waals surface area contributed by atoms with Crippen LogP contribution in [0, 0.1) is 0 Å². The van der Waals surface area contributed by atoms with E-state index in [0.717, 1.165) is 25.7 Å². The molecular formula is C14H20ClN3O2. The lowest BCUT2D eigenvalue weighted by Crippen LogP contribution is -2.42. The van der Waals surface area contributed by atoms with Crippen molar-refractivity contribution in [3.05, 3.63) is 22.8 Å². The highest BCUT2D eigenvalue weighted by molar-refractivity contribution is 6.33. The summed E-state index contributed by atoms with van der Waals surface area (Å²) in [7, 11) is 3.40. The molecule has 1 saturated carbocycles. The second kappa shape index (κ2) is 5.97. The van der Waals surface area contributed by atoms with Gasteiger partial charge in [-0.15, -0.1) is 0 Å². The van der Waals surface area contributed by atoms with Gasteiger partial charge in [0, 0.05) is 20.6 Å². The van der Waals surface area contributed by atoms with Crippen LogP contribution in [-0.2, 0) is 0 Å². The smallest absolute Gasteiger partial charge is 0.273 e. The molecule has 1 aromatic heterocycles. The van der Waals surface area contributed by atoms with Gasteiger partial charge >= 0.3 is 0 Å². The van der Waals surface area contributed by atoms with Gasteiger partial charge in [0.25, 0.3) is 5.91 Å². The van der Waals surface area contributed by atoms with Crippen molar-refractivity contribution in [2.45, 2.75) is 31.3 Å². The molecule has 1 aromatic rings. The van der Waals surface area contributed by atoms with Crippen molar-refractivity contribution in [1.82, 2.24) is 9.88 Å². The first-order valence-corrected chi connectivity index (χ1v) is 7.15. The summed E-state index contributed by atoms with van der Waals surface area (Å²) >= 11 is 6.04. The highest BCUT2D eigenvalue weighted by atomic mass is 35.5. The Hall–Kier alpha value is -1.33. The molecule has 0 radical (unpaired) electrons. The number of carbonyl (C=O) groups excluding carboxylic acids is 1. The highest BCUT2D eigenvalue weighted by Crippen LogP contribution is 2.30. The Morgan fingerprint density at radius 2 is 2.15 bits per heavy atom. The van der Waals surface area contributed by atoms with Crippen LogP contribution in [0.5, 0.6) is 0 Å². The molecule has 1 aliphatic rings. The molecule has 0 aromatic carbocycles. The lowest BCUT2D eigenvalue weighted by atomic mass is 10.0. The molecule has 1 heterocycles. The first-order valence-electron chi connectivity index (χ1n) is 6.77. The van der Waals surface area contributed by atoms with Crippen molar-refractivity contribution in [3.63, 3.8) is 0 Å². The summed E-state index contributed by atoms with van der Waals surface area (Å²) in [5, 5.41) is 13.6. The molecule has 6 heteroatoms. The SMILES string of the molecule is CNc1ccc(Cl)c(C(=O)N(C)CC2(O)CCCC2)n1. The van der Waals surface area contributed by atoms with Gasteiger partial charge in [-0.3, -0.25) is 4.79 Å². The number of halogens is 1. The number of pyridine rings is 1. The summed E-state index contributed by atoms with van der Waals surface area (Å²) in [4.78, 5) is 18.1. The van der Waals surface area contributed by atoms with Crippen LogP contribution >= 0.6 is 11.6 Å². The first kappa shape index (κ1) is 15.1. The number of nitrogens with zero attached hydrogens (tertiary/aromatic N) is 2. The number of nitrogens with one attached hydrogen (secondary N) is 1. The number of amides is 1. The van der Waals surface area contributed by atoms with E-state index in [4.69, 9.17) is 11.6 Å². The number of rotatable bonds is 4. The van der Waals surface area contributed by atoms with Gasteiger partial charge < -0.3 is 15.3 Å². The number of anilines is 1. The number of aliphatic hydroxyl groups is 1. The largest absolute Gasteiger partial charge is 0.388 e. The van der Waals surface area contributed by atoms with Crippen molar-refractivity contribution in [2.75, 3.05) is 26.0 Å². The van der Waals surface area contributed by atoms with E-state index in [1.165, 1.54) is 4.90 Å². The fraction of sp³-hybridized carbons (Fsp3) is 0.571. The monoisotopic (exact) mass is 297 g/mol. The molecule has 1 aliphatic carbocycles. The summed E-state index contributed by atoms with van der Waals surface area (Å²) in [5.74, 6) is 0.318. The summed E-state index contributed by atoms with van der Waals surface area (Å²) < 4.78 is 0. The minimum atomic E-state index is -0.766. The Morgan fingerprint density at radius 3 is 2.75 bits per heavy atom. The zero-order valence-electron chi connectivity index (χ0n) is 11.8. The molecule has 20 heavy (non-hydrogen) atoms. The molecule has 0 atom stereocenters. The van der Waals surface area contributed by atoms with E-state index in [9.17, 15) is 9.90 Å². The third kappa shape index (κ3) is 3.22. The van der Waals surface area contributed by atoms with Crippen LogP contribution in [0.2, 0.25) is 5.02 Å². The topological polar surface area (TPSA) is 65.5 Å². The molecule has 5 nitrogen and oxygen atoms in total. The second-order valence-electron chi connectivity index (χ2n) is 5.37. The molecular weight excluding hydrogens is 278 g/mol. The maximum absolute atomic E-state index is 12.4. The van der Waals surface area contributed by atoms with E-state index in [-0.39, 0.29) is 11.6 Å². The van der Waals surface area contributed by atoms with Gasteiger partial charge in [-0.25, -0.2) is 4.98 Å². The van der Waals surface area contributed by atoms with Crippen LogP contribution in [0.3, 0.4) is 0 Å². The van der Waals surface area contributed by atoms with Crippen molar-refractivity contribution in [3.8, 4) is 0 Å². The molecule has 0 spiro atoms. The molecule has 0 unspecified atom stereocenters. The Kier molecular flexibility index (Phi) is 4.50. The third-order valence-corrected chi connectivity index (χ3v) is 4.02. The van der Waals surface area contributed by atoms with Crippen LogP contribution < -0.4 is 5.32 Å². The quantitative estimate of drug-likeness (QED) is 0.894. The third-order valence-electron chi connectivity index (χ3n) is 3.72. The van der Waals surface area contributed by atoms with Crippen LogP contribution in [0.1, 0.15) is 36.2 Å². The van der Waals surface area contributed by atoms with E-state index in [1.807, 2.05) is 0 Å². The summed E-state index contributed by atoms with van der Waals surface area (Å²) in [6, 6.07) is 3.36. The van der Waals surface area contributed by atoms with Gasteiger partial charge in [-0.05, 0) is 25.0 Å². The maximum Gasteiger partial charge on any atom is 0.273 e. The molecule has 2 N–H and O–H groups in total. The van der Waals surface area contributed by atoms with Gasteiger partial charge in [0.2, 0.25) is 0 Å². The number of hydrogen-bond donors (Lipinski definition) is 2. The van der Waals surface area contributed by atoms with Crippen LogP contribution in [0.4, 0.5) is 5.82 Å². The van der Waals surface area contributed by atoms with Crippen LogP contribution in [0.15, 0.2) is 12.1 Å². The predicted octanol–water partition coefficient (Wildman–Crippen LogP) is 2.15. The summed E-state index contributed by atoms with van der Waals surface area (Å²) in [6.07, 6.45) is 3.49. The second-order valence-corrected chi connectivity index (χ2v) is 5.78. The predicted molar refractivity (Wildman–Crippen MR) is 79.2 cm³/mol. The fourth-order valence-electron chi connectivity index (χ4n) is 2.62. The summed E-state index contributed by atoms with van der Waals surface area (Å²) in [5.41, 5.74) is -0.556. The molecule has 0 aliphatic heterocycles. The van der Waals surface area contributed by atoms with E-state index in [2.05, 4.69) is 10.3 Å². The average molecular weight is 298 g/mol. The van der Waals surface area contributed by atoms with Crippen LogP contribution in [-0.4, -0.2) is 47.1 Å². The molecule has 0 bridgehead atoms. The summed E-state index contributed by atoms with van der Waals surface area (Å²) in [6.45, 7) is 0.313. The van der Waals surface area contributed by atoms with E-state index in [0.29, 0.717) is 17.4 Å². The standard InChI is InChI=1S/C14H20ClN3O2/c1-16-11-6-5-10(15)12(17-11)13(19)18(2)9-14(20)7-3-4-8-14/h5-6,20H,3-4,7-9H2,1-2H3,(H,16,17). The average Bonchev–Trinajstić information content (AvgIpc) is 2.85. The molecule has 2 rings (SSSR count). The zero-order valence-corrected chi connectivity index (χ0v) is 12.6. The lowest BCUT2D eigenvalue weighted by Gasteiger charge is -2.28. The van der Waals surface area contributed by atoms with E-state index < -0.39 is 5.60 Å². The molecule has 1 fully saturated rings. The number of aromatic nitrogens is 1. The number of likely N-dealkylation sites (N-methyl/N-ethyl adjacent to an activating group) is 1. The van der Waals surface area contributed by atoms with Gasteiger partial charge in [-0.2, -0.15) is 0 Å². The highest BCUT2D eigenvalue weighted by Gasteiger charge is 2.34. The Labute approximate surface area is 123 Å². The van der Waals surface area contributed by atoms with Crippen molar-refractivity contribution in [1.29, 1.82) is 0 Å². The lowest BCUT2D eigenvalue weighted by molar-refractivity contribution is 0.0155. The Morgan fingerprint density at radius 1 is 1.50 bits per heavy atom. The zero-order chi connectivity index (χ0) is 14.8. The van der Waals surface area contributed by atoms with Crippen molar-refractivity contribution in [2.24, 2.45) is 0 Å². The van der Waals surface area contributed by atoms with E-state index in [1.54, 1.807) is 26.2 Å². The number of carbonyl (C=O) groups is 1. The number of hydrogen-bond acceptors (Lipinski definition) is 4. The Bertz CT molecular complexity index is 501. The van der Waals surface area contributed by atoms with Gasteiger partial charge in [0.15, 0.2) is 0 Å². The maximum atomic E-state index is 12.4. The Balaban J connectivity index is 2.14. The van der Waals surface area contributed by atoms with E-state index >= 15 is 0 Å². The molecule has 0 saturated heterocycles. The van der Waals surface area contributed by atoms with Gasteiger partial charge in [0.05, 0.1) is 10.6 Å². The van der Waals surface area contributed by atoms with Crippen molar-refractivity contribution < 1.29 is 9.90 Å². The first-order chi connectivity index (χ1) is 9.45. The van der Waals surface area contributed by atoms with Gasteiger partial charge in [0.1, 0.15) is 11.5 Å².